The quantitative estimate of drug-likeness (QED) is 0.771. The predicted molar refractivity (Wildman–Crippen MR) is 96.6 cm³/mol. The standard InChI is InChI=1S/C18H24N4O3/c1-13(2)4-9-17(23)21-15-10-19-22(11-15)12-18(24)20-14-5-7-16(25-3)8-6-14/h5-8,10-11,13H,4,9,12H2,1-3H3,(H,20,24)(H,21,23). The van der Waals surface area contributed by atoms with Crippen LogP contribution in [0.5, 0.6) is 5.75 Å². The molecule has 1 heterocycles. The van der Waals surface area contributed by atoms with Gasteiger partial charge in [-0.1, -0.05) is 13.8 Å². The highest BCUT2D eigenvalue weighted by atomic mass is 16.5. The van der Waals surface area contributed by atoms with Gasteiger partial charge in [0.05, 0.1) is 19.0 Å². The molecule has 0 bridgehead atoms. The minimum absolute atomic E-state index is 0.0454. The highest BCUT2D eigenvalue weighted by molar-refractivity contribution is 5.91. The topological polar surface area (TPSA) is 85.2 Å². The first kappa shape index (κ1) is 18.5. The van der Waals surface area contributed by atoms with E-state index >= 15 is 0 Å². The summed E-state index contributed by atoms with van der Waals surface area (Å²) < 4.78 is 6.56. The fourth-order valence-electron chi connectivity index (χ4n) is 2.18. The van der Waals surface area contributed by atoms with E-state index in [-0.39, 0.29) is 18.4 Å². The number of ether oxygens (including phenoxy) is 1. The van der Waals surface area contributed by atoms with Crippen molar-refractivity contribution in [3.8, 4) is 5.75 Å². The van der Waals surface area contributed by atoms with E-state index in [1.165, 1.54) is 10.9 Å². The van der Waals surface area contributed by atoms with Gasteiger partial charge in [0, 0.05) is 18.3 Å². The summed E-state index contributed by atoms with van der Waals surface area (Å²) in [6.45, 7) is 4.22. The van der Waals surface area contributed by atoms with Gasteiger partial charge >= 0.3 is 0 Å². The third kappa shape index (κ3) is 6.29. The van der Waals surface area contributed by atoms with Gasteiger partial charge in [-0.25, -0.2) is 0 Å². The fourth-order valence-corrected chi connectivity index (χ4v) is 2.18. The molecule has 0 atom stereocenters. The van der Waals surface area contributed by atoms with Crippen LogP contribution in [0.25, 0.3) is 0 Å². The Hall–Kier alpha value is -2.83. The lowest BCUT2D eigenvalue weighted by atomic mass is 10.1. The number of methoxy groups -OCH3 is 1. The zero-order chi connectivity index (χ0) is 18.2. The van der Waals surface area contributed by atoms with Gasteiger partial charge in [0.25, 0.3) is 0 Å². The van der Waals surface area contributed by atoms with Gasteiger partial charge in [-0.15, -0.1) is 0 Å². The van der Waals surface area contributed by atoms with Crippen LogP contribution in [-0.2, 0) is 16.1 Å². The molecule has 0 unspecified atom stereocenters. The Morgan fingerprint density at radius 3 is 2.44 bits per heavy atom. The third-order valence-electron chi connectivity index (χ3n) is 3.55. The SMILES string of the molecule is COc1ccc(NC(=O)Cn2cc(NC(=O)CCC(C)C)cn2)cc1. The Balaban J connectivity index is 1.83. The van der Waals surface area contributed by atoms with E-state index < -0.39 is 0 Å². The number of nitrogens with one attached hydrogen (secondary N) is 2. The highest BCUT2D eigenvalue weighted by Crippen LogP contribution is 2.15. The van der Waals surface area contributed by atoms with Crippen LogP contribution in [0.1, 0.15) is 26.7 Å². The summed E-state index contributed by atoms with van der Waals surface area (Å²) in [4.78, 5) is 23.9. The van der Waals surface area contributed by atoms with E-state index in [1.54, 1.807) is 37.6 Å². The van der Waals surface area contributed by atoms with Crippen molar-refractivity contribution in [1.29, 1.82) is 0 Å². The number of hydrogen-bond donors (Lipinski definition) is 2. The molecule has 0 fully saturated rings. The van der Waals surface area contributed by atoms with Gasteiger partial charge in [0.1, 0.15) is 12.3 Å². The molecular weight excluding hydrogens is 320 g/mol. The summed E-state index contributed by atoms with van der Waals surface area (Å²) >= 11 is 0. The average molecular weight is 344 g/mol. The van der Waals surface area contributed by atoms with Gasteiger partial charge < -0.3 is 15.4 Å². The maximum Gasteiger partial charge on any atom is 0.246 e. The van der Waals surface area contributed by atoms with Crippen molar-refractivity contribution in [3.63, 3.8) is 0 Å². The summed E-state index contributed by atoms with van der Waals surface area (Å²) in [5, 5.41) is 9.66. The first-order chi connectivity index (χ1) is 12.0. The van der Waals surface area contributed by atoms with Crippen molar-refractivity contribution in [2.75, 3.05) is 17.7 Å². The van der Waals surface area contributed by atoms with Gasteiger partial charge in [-0.3, -0.25) is 14.3 Å². The molecule has 2 N–H and O–H groups in total. The van der Waals surface area contributed by atoms with Gasteiger partial charge in [0.2, 0.25) is 11.8 Å². The molecule has 0 saturated heterocycles. The van der Waals surface area contributed by atoms with E-state index in [0.717, 1.165) is 12.2 Å². The number of anilines is 2. The van der Waals surface area contributed by atoms with Crippen molar-refractivity contribution >= 4 is 23.2 Å². The van der Waals surface area contributed by atoms with E-state index in [2.05, 4.69) is 29.6 Å². The Labute approximate surface area is 147 Å². The van der Waals surface area contributed by atoms with E-state index in [1.807, 2.05) is 0 Å². The molecule has 7 heteroatoms. The highest BCUT2D eigenvalue weighted by Gasteiger charge is 2.08. The molecule has 0 spiro atoms. The minimum Gasteiger partial charge on any atom is -0.497 e. The molecule has 2 rings (SSSR count). The maximum absolute atomic E-state index is 12.1. The third-order valence-corrected chi connectivity index (χ3v) is 3.55. The van der Waals surface area contributed by atoms with Crippen molar-refractivity contribution in [2.45, 2.75) is 33.2 Å². The second kappa shape index (κ2) is 8.86. The van der Waals surface area contributed by atoms with Crippen molar-refractivity contribution in [3.05, 3.63) is 36.7 Å². The van der Waals surface area contributed by atoms with E-state index in [4.69, 9.17) is 4.74 Å². The summed E-state index contributed by atoms with van der Waals surface area (Å²) in [6, 6.07) is 7.07. The number of hydrogen-bond acceptors (Lipinski definition) is 4. The van der Waals surface area contributed by atoms with Crippen molar-refractivity contribution in [1.82, 2.24) is 9.78 Å². The lowest BCUT2D eigenvalue weighted by Gasteiger charge is -2.06. The van der Waals surface area contributed by atoms with Crippen LogP contribution in [0.4, 0.5) is 11.4 Å². The van der Waals surface area contributed by atoms with Crippen LogP contribution in [0.3, 0.4) is 0 Å². The molecule has 0 aliphatic heterocycles. The lowest BCUT2D eigenvalue weighted by molar-refractivity contribution is -0.117. The van der Waals surface area contributed by atoms with Crippen LogP contribution in [0.15, 0.2) is 36.7 Å². The minimum atomic E-state index is -0.203. The molecular formula is C18H24N4O3. The molecule has 0 aliphatic carbocycles. The maximum atomic E-state index is 12.1. The number of rotatable bonds is 8. The second-order valence-corrected chi connectivity index (χ2v) is 6.18. The lowest BCUT2D eigenvalue weighted by Crippen LogP contribution is -2.19. The zero-order valence-electron chi connectivity index (χ0n) is 14.8. The summed E-state index contributed by atoms with van der Waals surface area (Å²) in [7, 11) is 1.59. The summed E-state index contributed by atoms with van der Waals surface area (Å²) in [5.41, 5.74) is 1.27. The monoisotopic (exact) mass is 344 g/mol. The Kier molecular flexibility index (Phi) is 6.56. The molecule has 0 saturated carbocycles. The van der Waals surface area contributed by atoms with Crippen LogP contribution in [0, 0.1) is 5.92 Å². The molecule has 2 amide bonds. The van der Waals surface area contributed by atoms with Crippen LogP contribution in [-0.4, -0.2) is 28.7 Å². The molecule has 2 aromatic rings. The average Bonchev–Trinajstić information content (AvgIpc) is 3.00. The zero-order valence-corrected chi connectivity index (χ0v) is 14.8. The molecule has 0 radical (unpaired) electrons. The van der Waals surface area contributed by atoms with E-state index in [0.29, 0.717) is 23.7 Å². The Morgan fingerprint density at radius 1 is 1.12 bits per heavy atom. The summed E-state index contributed by atoms with van der Waals surface area (Å²) in [6.07, 6.45) is 4.49. The van der Waals surface area contributed by atoms with Gasteiger partial charge in [0.15, 0.2) is 0 Å². The Bertz CT molecular complexity index is 707. The number of benzene rings is 1. The summed E-state index contributed by atoms with van der Waals surface area (Å²) in [5.74, 6) is 0.958. The predicted octanol–water partition coefficient (Wildman–Crippen LogP) is 2.91. The molecule has 7 nitrogen and oxygen atoms in total. The molecule has 134 valence electrons. The van der Waals surface area contributed by atoms with Crippen LogP contribution >= 0.6 is 0 Å². The van der Waals surface area contributed by atoms with E-state index in [9.17, 15) is 9.59 Å². The van der Waals surface area contributed by atoms with Crippen molar-refractivity contribution in [2.24, 2.45) is 5.92 Å². The first-order valence-corrected chi connectivity index (χ1v) is 8.22. The molecule has 1 aromatic heterocycles. The number of aromatic nitrogens is 2. The Morgan fingerprint density at radius 2 is 1.80 bits per heavy atom. The van der Waals surface area contributed by atoms with Crippen LogP contribution in [0.2, 0.25) is 0 Å². The number of carbonyl (C=O) groups excluding carboxylic acids is 2. The van der Waals surface area contributed by atoms with Gasteiger partial charge in [-0.2, -0.15) is 5.10 Å². The molecule has 0 aliphatic rings. The number of carbonyl (C=O) groups is 2. The smallest absolute Gasteiger partial charge is 0.246 e. The second-order valence-electron chi connectivity index (χ2n) is 6.18. The largest absolute Gasteiger partial charge is 0.497 e. The van der Waals surface area contributed by atoms with Gasteiger partial charge in [-0.05, 0) is 36.6 Å². The first-order valence-electron chi connectivity index (χ1n) is 8.22. The molecule has 25 heavy (non-hydrogen) atoms. The normalized spacial score (nSPS) is 10.6. The number of nitrogens with zero attached hydrogens (tertiary/aromatic N) is 2. The number of amides is 2. The van der Waals surface area contributed by atoms with Crippen molar-refractivity contribution < 1.29 is 14.3 Å². The van der Waals surface area contributed by atoms with Crippen LogP contribution < -0.4 is 15.4 Å². The molecule has 1 aromatic carbocycles. The fraction of sp³-hybridized carbons (Fsp3) is 0.389.